The summed E-state index contributed by atoms with van der Waals surface area (Å²) >= 11 is 0. The van der Waals surface area contributed by atoms with Crippen LogP contribution in [0.15, 0.2) is 5.34 Å². The first-order chi connectivity index (χ1) is 1.41. The predicted octanol–water partition coefficient (Wildman–Crippen LogP) is -1.42. The van der Waals surface area contributed by atoms with Gasteiger partial charge < -0.3 is 5.21 Å². The third-order valence-electron chi connectivity index (χ3n) is 0. The number of hydrogen-bond acceptors (Lipinski definition) is 2. The van der Waals surface area contributed by atoms with E-state index in [0.717, 1.165) is 0 Å². The number of hydrogen-bond donors (Lipinski definition) is 1. The van der Waals surface area contributed by atoms with E-state index in [1.807, 2.05) is 0 Å². The van der Waals surface area contributed by atoms with E-state index in [1.54, 1.807) is 0 Å². The summed E-state index contributed by atoms with van der Waals surface area (Å²) in [7, 11) is 0. The van der Waals surface area contributed by atoms with Crippen LogP contribution in [0.5, 0.6) is 0 Å². The van der Waals surface area contributed by atoms with E-state index in [1.165, 1.54) is 5.34 Å². The van der Waals surface area contributed by atoms with Crippen molar-refractivity contribution in [2.75, 3.05) is 0 Å². The van der Waals surface area contributed by atoms with Gasteiger partial charge in [0.15, 0.2) is 5.34 Å². The predicted molar refractivity (Wildman–Crippen MR) is 23.3 cm³/mol. The summed E-state index contributed by atoms with van der Waals surface area (Å²) in [5, 5.41) is 7.89. The van der Waals surface area contributed by atoms with E-state index in [0.29, 0.717) is 0 Å². The van der Waals surface area contributed by atoms with Crippen LogP contribution in [0.4, 0.5) is 0 Å². The van der Waals surface area contributed by atoms with Crippen molar-refractivity contribution in [3.63, 3.8) is 0 Å². The number of nitrogens with zero attached hydrogens (tertiary/aromatic N) is 1. The van der Waals surface area contributed by atoms with Crippen molar-refractivity contribution in [3.8, 4) is 0 Å². The van der Waals surface area contributed by atoms with Crippen LogP contribution in [0.25, 0.3) is 0 Å². The van der Waals surface area contributed by atoms with Gasteiger partial charge in [0, 0.05) is 0 Å². The molecule has 0 aliphatic carbocycles. The standard InChI is InChI=1S/HNO2.Na.Pb.3H/c2-1-3;;;;;/h(H,2,3);;;;;. The van der Waals surface area contributed by atoms with Gasteiger partial charge in [-0.3, -0.25) is 0 Å². The van der Waals surface area contributed by atoms with Crippen molar-refractivity contribution >= 4 is 56.9 Å². The molecular weight excluding hydrogens is 276 g/mol. The third-order valence-corrected chi connectivity index (χ3v) is 0. The first kappa shape index (κ1) is 16.2. The maximum atomic E-state index is 8.11. The second kappa shape index (κ2) is 18.4. The minimum absolute atomic E-state index is 0. The molecule has 5 heteroatoms. The Balaban J connectivity index is -0.0000000200. The van der Waals surface area contributed by atoms with Crippen molar-refractivity contribution in [1.82, 2.24) is 0 Å². The van der Waals surface area contributed by atoms with Gasteiger partial charge in [0.25, 0.3) is 0 Å². The summed E-state index contributed by atoms with van der Waals surface area (Å²) < 4.78 is 0. The Morgan fingerprint density at radius 1 is 1.60 bits per heavy atom. The van der Waals surface area contributed by atoms with Crippen LogP contribution in [-0.4, -0.2) is 62.1 Å². The average Bonchev–Trinajstić information content (AvgIpc) is 0.918. The monoisotopic (exact) mass is 281 g/mol. The SMILES string of the molecule is O=NO.[NaH].[PbH2]. The fourth-order valence-corrected chi connectivity index (χ4v) is 0. The van der Waals surface area contributed by atoms with Crippen LogP contribution in [0.3, 0.4) is 0 Å². The second-order valence-electron chi connectivity index (χ2n) is 0.0816. The molecule has 0 rings (SSSR count). The summed E-state index contributed by atoms with van der Waals surface area (Å²) in [5.74, 6) is 0. The normalized spacial score (nSPS) is 2.40. The molecule has 5 heavy (non-hydrogen) atoms. The van der Waals surface area contributed by atoms with Crippen LogP contribution in [0, 0.1) is 4.91 Å². The van der Waals surface area contributed by atoms with Gasteiger partial charge in [0.1, 0.15) is 0 Å². The molecule has 26 valence electrons. The van der Waals surface area contributed by atoms with E-state index in [4.69, 9.17) is 10.1 Å². The molecule has 0 bridgehead atoms. The van der Waals surface area contributed by atoms with Gasteiger partial charge in [-0.25, -0.2) is 0 Å². The Bertz CT molecular complexity index is 17.1. The first-order valence-corrected chi connectivity index (χ1v) is 0.383. The van der Waals surface area contributed by atoms with Crippen LogP contribution in [0.1, 0.15) is 0 Å². The van der Waals surface area contributed by atoms with Crippen molar-refractivity contribution in [1.29, 1.82) is 0 Å². The molecule has 0 fully saturated rings. The first-order valence-electron chi connectivity index (χ1n) is 0.383. The molecule has 0 aromatic heterocycles. The molecule has 0 aliphatic heterocycles. The topological polar surface area (TPSA) is 49.7 Å². The van der Waals surface area contributed by atoms with E-state index in [9.17, 15) is 0 Å². The van der Waals surface area contributed by atoms with E-state index in [-0.39, 0.29) is 56.9 Å². The Hall–Kier alpha value is 1.32. The van der Waals surface area contributed by atoms with Gasteiger partial charge in [0.2, 0.25) is 0 Å². The Labute approximate surface area is 71.5 Å². The van der Waals surface area contributed by atoms with Gasteiger partial charge in [-0.15, -0.1) is 4.91 Å². The third kappa shape index (κ3) is 33.6. The zero-order chi connectivity index (χ0) is 2.71. The van der Waals surface area contributed by atoms with E-state index in [2.05, 4.69) is 0 Å². The van der Waals surface area contributed by atoms with Gasteiger partial charge in [-0.2, -0.15) is 0 Å². The molecular formula is H4NNaO2Pb. The zero-order valence-electron chi connectivity index (χ0n) is 2.01. The van der Waals surface area contributed by atoms with Crippen molar-refractivity contribution in [2.24, 2.45) is 5.34 Å². The Kier molecular flexibility index (Phi) is 59.8. The van der Waals surface area contributed by atoms with Crippen LogP contribution < -0.4 is 0 Å². The molecule has 2 radical (unpaired) electrons. The Morgan fingerprint density at radius 2 is 1.60 bits per heavy atom. The van der Waals surface area contributed by atoms with E-state index >= 15 is 0 Å². The molecule has 0 saturated heterocycles. The zero-order valence-corrected chi connectivity index (χ0v) is 7.51. The summed E-state index contributed by atoms with van der Waals surface area (Å²) in [6.45, 7) is 0. The fourth-order valence-electron chi connectivity index (χ4n) is 0. The van der Waals surface area contributed by atoms with Crippen molar-refractivity contribution < 1.29 is 5.21 Å². The molecule has 3 nitrogen and oxygen atoms in total. The van der Waals surface area contributed by atoms with Crippen LogP contribution >= 0.6 is 0 Å². The molecule has 1 N–H and O–H groups in total. The second-order valence-corrected chi connectivity index (χ2v) is 0.0816. The molecule has 0 aromatic carbocycles. The molecule has 0 aliphatic rings. The Morgan fingerprint density at radius 3 is 1.60 bits per heavy atom. The van der Waals surface area contributed by atoms with Crippen molar-refractivity contribution in [3.05, 3.63) is 4.91 Å². The molecule has 0 aromatic rings. The maximum absolute atomic E-state index is 8.11. The fraction of sp³-hybridized carbons (Fsp3) is 0. The number of rotatable bonds is 0. The average molecular weight is 280 g/mol. The van der Waals surface area contributed by atoms with Crippen LogP contribution in [-0.2, 0) is 0 Å². The molecule has 0 atom stereocenters. The molecule has 0 heterocycles. The molecule has 0 spiro atoms. The van der Waals surface area contributed by atoms with Gasteiger partial charge in [-0.1, -0.05) is 0 Å². The summed E-state index contributed by atoms with van der Waals surface area (Å²) in [5.41, 5.74) is 0. The molecule has 0 saturated carbocycles. The van der Waals surface area contributed by atoms with Crippen LogP contribution in [0.2, 0.25) is 0 Å². The minimum atomic E-state index is 0. The summed E-state index contributed by atoms with van der Waals surface area (Å²) in [6.07, 6.45) is 0. The van der Waals surface area contributed by atoms with Gasteiger partial charge in [0.05, 0.1) is 0 Å². The molecule has 0 amide bonds. The summed E-state index contributed by atoms with van der Waals surface area (Å²) in [6, 6.07) is 0. The summed E-state index contributed by atoms with van der Waals surface area (Å²) in [4.78, 5) is 8.11. The quantitative estimate of drug-likeness (QED) is 0.336. The molecule has 0 unspecified atom stereocenters. The van der Waals surface area contributed by atoms with Gasteiger partial charge >= 0.3 is 56.9 Å². The van der Waals surface area contributed by atoms with E-state index < -0.39 is 0 Å². The van der Waals surface area contributed by atoms with Gasteiger partial charge in [-0.05, 0) is 0 Å². The van der Waals surface area contributed by atoms with Crippen molar-refractivity contribution in [2.45, 2.75) is 0 Å².